The zero-order chi connectivity index (χ0) is 14.7. The lowest BCUT2D eigenvalue weighted by Crippen LogP contribution is -2.54. The minimum atomic E-state index is -0.519. The van der Waals surface area contributed by atoms with Crippen molar-refractivity contribution in [1.29, 1.82) is 0 Å². The van der Waals surface area contributed by atoms with Crippen LogP contribution in [0.1, 0.15) is 10.4 Å². The zero-order valence-corrected chi connectivity index (χ0v) is 12.7. The van der Waals surface area contributed by atoms with Gasteiger partial charge in [0.25, 0.3) is 5.91 Å². The van der Waals surface area contributed by atoms with Gasteiger partial charge in [0.05, 0.1) is 5.56 Å². The van der Waals surface area contributed by atoms with Crippen LogP contribution < -0.4 is 5.32 Å². The Bertz CT molecular complexity index is 497. The van der Waals surface area contributed by atoms with Gasteiger partial charge in [-0.15, -0.1) is 12.6 Å². The largest absolute Gasteiger partial charge is 0.350 e. The van der Waals surface area contributed by atoms with E-state index in [9.17, 15) is 9.18 Å². The molecule has 0 spiro atoms. The van der Waals surface area contributed by atoms with Gasteiger partial charge < -0.3 is 10.2 Å². The van der Waals surface area contributed by atoms with Crippen LogP contribution in [-0.2, 0) is 0 Å². The van der Waals surface area contributed by atoms with Gasteiger partial charge in [0, 0.05) is 37.1 Å². The van der Waals surface area contributed by atoms with Crippen molar-refractivity contribution in [2.75, 3.05) is 40.3 Å². The quantitative estimate of drug-likeness (QED) is 0.820. The van der Waals surface area contributed by atoms with Crippen molar-refractivity contribution in [3.05, 3.63) is 29.6 Å². The smallest absolute Gasteiger partial charge is 0.254 e. The number of benzene rings is 1. The van der Waals surface area contributed by atoms with Crippen LogP contribution in [0, 0.1) is 5.82 Å². The maximum absolute atomic E-state index is 13.6. The molecule has 1 aromatic carbocycles. The highest BCUT2D eigenvalue weighted by atomic mass is 32.1. The summed E-state index contributed by atoms with van der Waals surface area (Å²) in [6, 6.07) is 4.49. The summed E-state index contributed by atoms with van der Waals surface area (Å²) in [5.74, 6) is -0.908. The summed E-state index contributed by atoms with van der Waals surface area (Å²) in [6.45, 7) is 3.40. The minimum Gasteiger partial charge on any atom is -0.350 e. The van der Waals surface area contributed by atoms with Crippen LogP contribution in [0.5, 0.6) is 0 Å². The summed E-state index contributed by atoms with van der Waals surface area (Å²) < 4.78 is 13.6. The highest BCUT2D eigenvalue weighted by Gasteiger charge is 2.23. The molecule has 4 nitrogen and oxygen atoms in total. The van der Waals surface area contributed by atoms with Crippen LogP contribution in [0.25, 0.3) is 0 Å². The topological polar surface area (TPSA) is 35.6 Å². The fourth-order valence-electron chi connectivity index (χ4n) is 2.31. The van der Waals surface area contributed by atoms with E-state index in [1.165, 1.54) is 18.2 Å². The molecular weight excluding hydrogens is 277 g/mol. The molecule has 1 heterocycles. The number of likely N-dealkylation sites (N-methyl/N-ethyl adjacent to an activating group) is 2. The fourth-order valence-corrected chi connectivity index (χ4v) is 2.52. The molecule has 1 aromatic rings. The lowest BCUT2D eigenvalue weighted by molar-refractivity contribution is 0.0877. The summed E-state index contributed by atoms with van der Waals surface area (Å²) in [7, 11) is 4.10. The number of carbonyl (C=O) groups is 1. The maximum Gasteiger partial charge on any atom is 0.254 e. The first-order valence-corrected chi connectivity index (χ1v) is 7.07. The Morgan fingerprint density at radius 3 is 2.95 bits per heavy atom. The van der Waals surface area contributed by atoms with Crippen molar-refractivity contribution in [2.45, 2.75) is 10.9 Å². The second-order valence-corrected chi connectivity index (χ2v) is 5.79. The fraction of sp³-hybridized carbons (Fsp3) is 0.500. The third-order valence-corrected chi connectivity index (χ3v) is 3.95. The van der Waals surface area contributed by atoms with Gasteiger partial charge in [-0.05, 0) is 32.3 Å². The molecular formula is C14H20FN3OS. The Hall–Kier alpha value is -1.11. The van der Waals surface area contributed by atoms with E-state index in [4.69, 9.17) is 0 Å². The maximum atomic E-state index is 13.6. The average Bonchev–Trinajstić information content (AvgIpc) is 2.42. The molecule has 1 atom stereocenters. The standard InChI is InChI=1S/C14H20FN3OS/c1-17-5-6-18(2)10(9-17)8-16-14(19)12-7-11(20)3-4-13(12)15/h3-4,7,10,20H,5-6,8-9H2,1-2H3,(H,16,19). The lowest BCUT2D eigenvalue weighted by atomic mass is 10.1. The number of halogens is 1. The number of amides is 1. The highest BCUT2D eigenvalue weighted by Crippen LogP contribution is 2.13. The Kier molecular flexibility index (Phi) is 5.01. The first-order valence-electron chi connectivity index (χ1n) is 6.63. The molecule has 0 saturated carbocycles. The summed E-state index contributed by atoms with van der Waals surface area (Å²) in [6.07, 6.45) is 0. The van der Waals surface area contributed by atoms with Gasteiger partial charge in [-0.1, -0.05) is 0 Å². The predicted molar refractivity (Wildman–Crippen MR) is 79.9 cm³/mol. The number of rotatable bonds is 3. The molecule has 6 heteroatoms. The molecule has 1 fully saturated rings. The monoisotopic (exact) mass is 297 g/mol. The van der Waals surface area contributed by atoms with Crippen molar-refractivity contribution in [3.8, 4) is 0 Å². The number of nitrogens with one attached hydrogen (secondary N) is 1. The summed E-state index contributed by atoms with van der Waals surface area (Å²) in [5.41, 5.74) is 0.0457. The van der Waals surface area contributed by atoms with Crippen molar-refractivity contribution in [3.63, 3.8) is 0 Å². The van der Waals surface area contributed by atoms with Crippen LogP contribution >= 0.6 is 12.6 Å². The van der Waals surface area contributed by atoms with Crippen LogP contribution in [0.3, 0.4) is 0 Å². The van der Waals surface area contributed by atoms with Gasteiger partial charge in [0.2, 0.25) is 0 Å². The zero-order valence-electron chi connectivity index (χ0n) is 11.8. The number of hydrogen-bond donors (Lipinski definition) is 2. The Labute approximate surface area is 124 Å². The van der Waals surface area contributed by atoms with Crippen LogP contribution in [0.2, 0.25) is 0 Å². The molecule has 110 valence electrons. The number of hydrogen-bond acceptors (Lipinski definition) is 4. The van der Waals surface area contributed by atoms with E-state index in [1.54, 1.807) is 0 Å². The average molecular weight is 297 g/mol. The Morgan fingerprint density at radius 2 is 2.20 bits per heavy atom. The van der Waals surface area contributed by atoms with E-state index in [0.717, 1.165) is 19.6 Å². The molecule has 0 aliphatic carbocycles. The van der Waals surface area contributed by atoms with Gasteiger partial charge in [-0.2, -0.15) is 0 Å². The third kappa shape index (κ3) is 3.71. The van der Waals surface area contributed by atoms with Gasteiger partial charge in [-0.25, -0.2) is 4.39 Å². The second kappa shape index (κ2) is 6.56. The van der Waals surface area contributed by atoms with E-state index in [-0.39, 0.29) is 17.5 Å². The van der Waals surface area contributed by atoms with E-state index >= 15 is 0 Å². The van der Waals surface area contributed by atoms with E-state index < -0.39 is 5.82 Å². The minimum absolute atomic E-state index is 0.0457. The Morgan fingerprint density at radius 1 is 1.45 bits per heavy atom. The molecule has 1 amide bonds. The number of thiol groups is 1. The number of carbonyl (C=O) groups excluding carboxylic acids is 1. The normalized spacial score (nSPS) is 20.9. The van der Waals surface area contributed by atoms with Gasteiger partial charge in [0.1, 0.15) is 5.82 Å². The summed E-state index contributed by atoms with van der Waals surface area (Å²) in [4.78, 5) is 17.0. The molecule has 0 aromatic heterocycles. The van der Waals surface area contributed by atoms with E-state index in [0.29, 0.717) is 11.4 Å². The second-order valence-electron chi connectivity index (χ2n) is 5.27. The molecule has 0 radical (unpaired) electrons. The van der Waals surface area contributed by atoms with Crippen molar-refractivity contribution in [2.24, 2.45) is 0 Å². The van der Waals surface area contributed by atoms with Gasteiger partial charge >= 0.3 is 0 Å². The van der Waals surface area contributed by atoms with E-state index in [2.05, 4.69) is 34.8 Å². The number of piperazine rings is 1. The Balaban J connectivity index is 1.96. The molecule has 2 rings (SSSR count). The molecule has 0 bridgehead atoms. The summed E-state index contributed by atoms with van der Waals surface area (Å²) in [5, 5.41) is 2.81. The van der Waals surface area contributed by atoms with Gasteiger partial charge in [0.15, 0.2) is 0 Å². The summed E-state index contributed by atoms with van der Waals surface area (Å²) >= 11 is 4.13. The van der Waals surface area contributed by atoms with Crippen molar-refractivity contribution >= 4 is 18.5 Å². The van der Waals surface area contributed by atoms with Crippen molar-refractivity contribution in [1.82, 2.24) is 15.1 Å². The first-order chi connectivity index (χ1) is 9.47. The molecule has 1 N–H and O–H groups in total. The van der Waals surface area contributed by atoms with Crippen LogP contribution in [0.4, 0.5) is 4.39 Å². The number of nitrogens with zero attached hydrogens (tertiary/aromatic N) is 2. The van der Waals surface area contributed by atoms with Gasteiger partial charge in [-0.3, -0.25) is 9.69 Å². The van der Waals surface area contributed by atoms with Crippen LogP contribution in [-0.4, -0.2) is 62.0 Å². The molecule has 1 aliphatic heterocycles. The first kappa shape index (κ1) is 15.3. The molecule has 20 heavy (non-hydrogen) atoms. The molecule has 1 unspecified atom stereocenters. The van der Waals surface area contributed by atoms with Crippen LogP contribution in [0.15, 0.2) is 23.1 Å². The predicted octanol–water partition coefficient (Wildman–Crippen LogP) is 1.09. The third-order valence-electron chi connectivity index (χ3n) is 3.67. The molecule has 1 saturated heterocycles. The van der Waals surface area contributed by atoms with Crippen molar-refractivity contribution < 1.29 is 9.18 Å². The van der Waals surface area contributed by atoms with E-state index in [1.807, 2.05) is 7.05 Å². The molecule has 1 aliphatic rings. The SMILES string of the molecule is CN1CCN(C)C(CNC(=O)c2cc(S)ccc2F)C1. The highest BCUT2D eigenvalue weighted by molar-refractivity contribution is 7.80. The lowest BCUT2D eigenvalue weighted by Gasteiger charge is -2.37.